The van der Waals surface area contributed by atoms with Crippen LogP contribution in [0, 0.1) is 0 Å². The Morgan fingerprint density at radius 3 is 1.71 bits per heavy atom. The summed E-state index contributed by atoms with van der Waals surface area (Å²) in [5.41, 5.74) is 15.0. The predicted octanol–water partition coefficient (Wildman–Crippen LogP) is 14.8. The van der Waals surface area contributed by atoms with Gasteiger partial charge >= 0.3 is 0 Å². The molecule has 0 spiro atoms. The van der Waals surface area contributed by atoms with Crippen molar-refractivity contribution in [1.29, 1.82) is 0 Å². The van der Waals surface area contributed by atoms with Gasteiger partial charge in [-0.1, -0.05) is 127 Å². The summed E-state index contributed by atoms with van der Waals surface area (Å²) >= 11 is 0. The van der Waals surface area contributed by atoms with Gasteiger partial charge in [-0.3, -0.25) is 0 Å². The number of para-hydroxylation sites is 3. The lowest BCUT2D eigenvalue weighted by Crippen LogP contribution is -1.98. The maximum atomic E-state index is 6.74. The molecule has 0 radical (unpaired) electrons. The van der Waals surface area contributed by atoms with Gasteiger partial charge in [0.2, 0.25) is 0 Å². The number of hydrogen-bond donors (Lipinski definition) is 0. The average molecular weight is 752 g/mol. The number of benzene rings is 9. The second-order valence-corrected chi connectivity index (χ2v) is 15.5. The Labute approximate surface area is 338 Å². The standard InChI is InChI=1S/C55H33N3O/c1-2-12-34(13-3-1)35-22-26-40(27-23-35)57-48-20-10-7-16-41(48)44-31-38(24-28-49(44)57)39-25-29-50-45(32-39)46-30-36-14-4-5-15-37(36)33-51(46)58(50)54-42-17-6-9-19-47(42)56-53-43-18-8-11-21-52(43)59-55(53)54/h1-33H. The van der Waals surface area contributed by atoms with Crippen LogP contribution in [0.5, 0.6) is 0 Å². The van der Waals surface area contributed by atoms with Crippen LogP contribution in [0.3, 0.4) is 0 Å². The van der Waals surface area contributed by atoms with Crippen LogP contribution in [0.1, 0.15) is 0 Å². The summed E-state index contributed by atoms with van der Waals surface area (Å²) in [6.45, 7) is 0. The van der Waals surface area contributed by atoms with E-state index >= 15 is 0 Å². The van der Waals surface area contributed by atoms with Crippen molar-refractivity contribution in [3.05, 3.63) is 200 Å². The van der Waals surface area contributed by atoms with Crippen molar-refractivity contribution in [1.82, 2.24) is 14.1 Å². The Balaban J connectivity index is 1.04. The average Bonchev–Trinajstić information content (AvgIpc) is 3.94. The second-order valence-electron chi connectivity index (χ2n) is 15.5. The Kier molecular flexibility index (Phi) is 6.69. The molecule has 0 fully saturated rings. The lowest BCUT2D eigenvalue weighted by atomic mass is 10.00. The van der Waals surface area contributed by atoms with Gasteiger partial charge in [-0.05, 0) is 106 Å². The van der Waals surface area contributed by atoms with E-state index in [4.69, 9.17) is 9.40 Å². The third kappa shape index (κ3) is 4.75. The fourth-order valence-electron chi connectivity index (χ4n) is 9.53. The molecule has 4 nitrogen and oxygen atoms in total. The third-order valence-electron chi connectivity index (χ3n) is 12.3. The molecule has 13 aromatic rings. The van der Waals surface area contributed by atoms with Crippen molar-refractivity contribution < 1.29 is 4.42 Å². The van der Waals surface area contributed by atoms with Gasteiger partial charge in [0.25, 0.3) is 0 Å². The van der Waals surface area contributed by atoms with Crippen molar-refractivity contribution in [3.63, 3.8) is 0 Å². The molecule has 0 atom stereocenters. The van der Waals surface area contributed by atoms with Gasteiger partial charge in [0.15, 0.2) is 5.58 Å². The van der Waals surface area contributed by atoms with E-state index < -0.39 is 0 Å². The minimum Gasteiger partial charge on any atom is -0.452 e. The molecule has 0 bridgehead atoms. The van der Waals surface area contributed by atoms with Crippen LogP contribution in [0.25, 0.3) is 121 Å². The van der Waals surface area contributed by atoms with Gasteiger partial charge in [0.1, 0.15) is 16.8 Å². The Morgan fingerprint density at radius 1 is 0.356 bits per heavy atom. The zero-order chi connectivity index (χ0) is 38.6. The maximum absolute atomic E-state index is 6.74. The summed E-state index contributed by atoms with van der Waals surface area (Å²) in [5, 5.41) is 9.32. The monoisotopic (exact) mass is 751 g/mol. The zero-order valence-corrected chi connectivity index (χ0v) is 31.8. The van der Waals surface area contributed by atoms with Crippen LogP contribution in [0.15, 0.2) is 205 Å². The molecule has 9 aromatic carbocycles. The summed E-state index contributed by atoms with van der Waals surface area (Å²) in [6, 6.07) is 72.1. The van der Waals surface area contributed by atoms with Crippen LogP contribution < -0.4 is 0 Å². The van der Waals surface area contributed by atoms with Gasteiger partial charge in [-0.15, -0.1) is 0 Å². The summed E-state index contributed by atoms with van der Waals surface area (Å²) in [6.07, 6.45) is 0. The van der Waals surface area contributed by atoms with Crippen LogP contribution >= 0.6 is 0 Å². The minimum atomic E-state index is 0.789. The highest BCUT2D eigenvalue weighted by Crippen LogP contribution is 2.43. The molecule has 4 heteroatoms. The van der Waals surface area contributed by atoms with Crippen LogP contribution in [0.2, 0.25) is 0 Å². The van der Waals surface area contributed by atoms with Crippen molar-refractivity contribution >= 4 is 87.4 Å². The van der Waals surface area contributed by atoms with Gasteiger partial charge < -0.3 is 13.6 Å². The van der Waals surface area contributed by atoms with Crippen molar-refractivity contribution in [2.75, 3.05) is 0 Å². The number of fused-ring (bicyclic) bond motifs is 11. The summed E-state index contributed by atoms with van der Waals surface area (Å²) in [4.78, 5) is 5.18. The smallest absolute Gasteiger partial charge is 0.178 e. The third-order valence-corrected chi connectivity index (χ3v) is 12.3. The molecular weight excluding hydrogens is 719 g/mol. The van der Waals surface area contributed by atoms with E-state index in [-0.39, 0.29) is 0 Å². The largest absolute Gasteiger partial charge is 0.452 e. The highest BCUT2D eigenvalue weighted by molar-refractivity contribution is 6.19. The number of hydrogen-bond acceptors (Lipinski definition) is 2. The molecule has 13 rings (SSSR count). The Morgan fingerprint density at radius 2 is 0.915 bits per heavy atom. The second kappa shape index (κ2) is 12.3. The van der Waals surface area contributed by atoms with Crippen LogP contribution in [-0.4, -0.2) is 14.1 Å². The van der Waals surface area contributed by atoms with E-state index in [0.717, 1.165) is 55.4 Å². The number of aromatic nitrogens is 3. The first-order chi connectivity index (χ1) is 29.2. The van der Waals surface area contributed by atoms with E-state index in [1.807, 2.05) is 12.1 Å². The molecule has 0 aliphatic rings. The van der Waals surface area contributed by atoms with E-state index in [1.54, 1.807) is 0 Å². The molecule has 274 valence electrons. The zero-order valence-electron chi connectivity index (χ0n) is 31.8. The number of rotatable bonds is 4. The van der Waals surface area contributed by atoms with Crippen molar-refractivity contribution in [2.45, 2.75) is 0 Å². The van der Waals surface area contributed by atoms with Gasteiger partial charge in [0, 0.05) is 38.0 Å². The molecule has 4 aromatic heterocycles. The molecular formula is C55H33N3O. The normalized spacial score (nSPS) is 12.1. The van der Waals surface area contributed by atoms with Crippen LogP contribution in [0.4, 0.5) is 0 Å². The lowest BCUT2D eigenvalue weighted by Gasteiger charge is -2.13. The van der Waals surface area contributed by atoms with Crippen molar-refractivity contribution in [2.24, 2.45) is 0 Å². The number of furan rings is 1. The summed E-state index contributed by atoms with van der Waals surface area (Å²) < 4.78 is 11.5. The first-order valence-corrected chi connectivity index (χ1v) is 20.1. The maximum Gasteiger partial charge on any atom is 0.178 e. The molecule has 0 saturated heterocycles. The quantitative estimate of drug-likeness (QED) is 0.180. The van der Waals surface area contributed by atoms with Gasteiger partial charge in [-0.25, -0.2) is 4.98 Å². The highest BCUT2D eigenvalue weighted by Gasteiger charge is 2.23. The number of pyridine rings is 1. The Bertz CT molecular complexity index is 3830. The fraction of sp³-hybridized carbons (Fsp3) is 0. The number of nitrogens with zero attached hydrogens (tertiary/aromatic N) is 3. The van der Waals surface area contributed by atoms with Gasteiger partial charge in [-0.2, -0.15) is 0 Å². The Hall–Kier alpha value is -7.95. The van der Waals surface area contributed by atoms with Crippen molar-refractivity contribution in [3.8, 4) is 33.6 Å². The summed E-state index contributed by atoms with van der Waals surface area (Å²) in [7, 11) is 0. The highest BCUT2D eigenvalue weighted by atomic mass is 16.3. The summed E-state index contributed by atoms with van der Waals surface area (Å²) in [5.74, 6) is 0. The van der Waals surface area contributed by atoms with E-state index in [0.29, 0.717) is 0 Å². The first-order valence-electron chi connectivity index (χ1n) is 20.1. The minimum absolute atomic E-state index is 0.789. The van der Waals surface area contributed by atoms with E-state index in [9.17, 15) is 0 Å². The first kappa shape index (κ1) is 32.2. The topological polar surface area (TPSA) is 35.9 Å². The lowest BCUT2D eigenvalue weighted by molar-refractivity contribution is 0.666. The molecule has 59 heavy (non-hydrogen) atoms. The molecule has 0 amide bonds. The van der Waals surface area contributed by atoms with Crippen LogP contribution in [-0.2, 0) is 0 Å². The molecule has 0 unspecified atom stereocenters. The van der Waals surface area contributed by atoms with E-state index in [1.165, 1.54) is 65.6 Å². The van der Waals surface area contributed by atoms with Gasteiger partial charge in [0.05, 0.1) is 27.6 Å². The fourth-order valence-corrected chi connectivity index (χ4v) is 9.53. The molecule has 0 aliphatic heterocycles. The predicted molar refractivity (Wildman–Crippen MR) is 246 cm³/mol. The molecule has 4 heterocycles. The SMILES string of the molecule is c1ccc(-c2ccc(-n3c4ccccc4c4cc(-c5ccc6c(c5)c5cc7ccccc7cc5n6-c5c6ccccc6nc6c5oc5ccccc56)ccc43)cc2)cc1. The molecule has 0 aliphatic carbocycles. The molecule has 0 saturated carbocycles. The molecule has 0 N–H and O–H groups in total. The van der Waals surface area contributed by atoms with E-state index in [2.05, 4.69) is 197 Å².